The molecule has 2 rings (SSSR count). The molecule has 2 aromatic rings. The van der Waals surface area contributed by atoms with Gasteiger partial charge in [0.15, 0.2) is 0 Å². The van der Waals surface area contributed by atoms with E-state index in [1.165, 1.54) is 5.56 Å². The minimum absolute atomic E-state index is 0.860. The van der Waals surface area contributed by atoms with E-state index in [1.807, 2.05) is 22.9 Å². The Kier molecular flexibility index (Phi) is 2.39. The lowest BCUT2D eigenvalue weighted by molar-refractivity contribution is 0.876. The predicted octanol–water partition coefficient (Wildman–Crippen LogP) is 0.00122. The van der Waals surface area contributed by atoms with Gasteiger partial charge in [-0.15, -0.1) is 5.10 Å². The summed E-state index contributed by atoms with van der Waals surface area (Å²) in [4.78, 5) is 0. The van der Waals surface area contributed by atoms with Crippen LogP contribution in [0.15, 0.2) is 30.5 Å². The predicted molar refractivity (Wildman–Crippen MR) is 61.3 cm³/mol. The molecule has 0 aliphatic heterocycles. The minimum atomic E-state index is 0.860. The second-order valence-corrected chi connectivity index (χ2v) is 3.27. The maximum atomic E-state index is 4.13. The lowest BCUT2D eigenvalue weighted by Crippen LogP contribution is -2.05. The van der Waals surface area contributed by atoms with Gasteiger partial charge in [0.05, 0.1) is 7.74 Å². The molecule has 1 aromatic heterocycles. The van der Waals surface area contributed by atoms with Crippen molar-refractivity contribution in [3.8, 4) is 11.3 Å². The van der Waals surface area contributed by atoms with E-state index < -0.39 is 0 Å². The van der Waals surface area contributed by atoms with Crippen LogP contribution in [0.4, 0.5) is 0 Å². The first-order valence-electron chi connectivity index (χ1n) is 4.77. The van der Waals surface area contributed by atoms with Gasteiger partial charge in [0.2, 0.25) is 7.31 Å². The van der Waals surface area contributed by atoms with Crippen LogP contribution in [-0.2, 0) is 0 Å². The highest BCUT2D eigenvalue weighted by atomic mass is 15.4. The molecule has 0 amide bonds. The summed E-state index contributed by atoms with van der Waals surface area (Å²) < 4.78 is 1.84. The van der Waals surface area contributed by atoms with Crippen molar-refractivity contribution in [3.63, 3.8) is 0 Å². The third-order valence-corrected chi connectivity index (χ3v) is 2.28. The molecule has 68 valence electrons. The fraction of sp³-hybridized carbons (Fsp3) is 0.111. The first-order valence-corrected chi connectivity index (χ1v) is 4.77. The molecule has 1 heterocycles. The fourth-order valence-electron chi connectivity index (χ4n) is 1.44. The summed E-state index contributed by atoms with van der Waals surface area (Å²) in [6.07, 6.45) is 1.97. The van der Waals surface area contributed by atoms with Crippen molar-refractivity contribution in [2.24, 2.45) is 0 Å². The average Bonchev–Trinajstić information content (AvgIpc) is 2.67. The zero-order valence-corrected chi connectivity index (χ0v) is 8.44. The highest BCUT2D eigenvalue weighted by Gasteiger charge is 2.04. The van der Waals surface area contributed by atoms with E-state index >= 15 is 0 Å². The third-order valence-electron chi connectivity index (χ3n) is 2.28. The number of benzene rings is 1. The maximum absolute atomic E-state index is 4.13. The standard InChI is InChI=1S/C9H11B2N3/c1-7-4-2-3-5-8(7)9-6-14(11-10)13-12-9/h2-6,11H,10H2,1H3. The first kappa shape index (κ1) is 9.06. The zero-order valence-electron chi connectivity index (χ0n) is 8.44. The number of hydrogen-bond donors (Lipinski definition) is 0. The molecule has 1 aromatic carbocycles. The molecule has 3 nitrogen and oxygen atoms in total. The number of hydrogen-bond acceptors (Lipinski definition) is 2. The van der Waals surface area contributed by atoms with Gasteiger partial charge in [-0.1, -0.05) is 29.5 Å². The third kappa shape index (κ3) is 1.58. The van der Waals surface area contributed by atoms with Crippen LogP contribution in [0.2, 0.25) is 0 Å². The van der Waals surface area contributed by atoms with E-state index in [4.69, 9.17) is 0 Å². The molecule has 0 N–H and O–H groups in total. The SMILES string of the molecule is BBn1cc(-c2ccccc2C)nn1. The highest BCUT2D eigenvalue weighted by molar-refractivity contribution is 6.88. The maximum Gasteiger partial charge on any atom is 0.225 e. The molecule has 14 heavy (non-hydrogen) atoms. The van der Waals surface area contributed by atoms with Crippen LogP contribution in [0, 0.1) is 6.92 Å². The lowest BCUT2D eigenvalue weighted by Gasteiger charge is -1.99. The van der Waals surface area contributed by atoms with Crippen LogP contribution >= 0.6 is 0 Å². The molecular weight excluding hydrogens is 172 g/mol. The molecule has 0 aliphatic rings. The lowest BCUT2D eigenvalue weighted by atomic mass is 9.67. The Labute approximate surface area is 84.8 Å². The summed E-state index contributed by atoms with van der Waals surface area (Å²) in [7, 11) is 2.91. The van der Waals surface area contributed by atoms with Crippen molar-refractivity contribution in [2.45, 2.75) is 6.92 Å². The van der Waals surface area contributed by atoms with Gasteiger partial charge in [-0.05, 0) is 12.5 Å². The second kappa shape index (κ2) is 3.70. The van der Waals surface area contributed by atoms with Crippen molar-refractivity contribution in [2.75, 3.05) is 0 Å². The number of rotatable bonds is 2. The molecule has 0 fully saturated rings. The van der Waals surface area contributed by atoms with E-state index in [2.05, 4.69) is 37.1 Å². The van der Waals surface area contributed by atoms with E-state index in [0.717, 1.165) is 18.6 Å². The summed E-state index contributed by atoms with van der Waals surface area (Å²) in [6.45, 7) is 2.08. The number of aryl methyl sites for hydroxylation is 1. The smallest absolute Gasteiger partial charge is 0.225 e. The van der Waals surface area contributed by atoms with Crippen LogP contribution in [0.1, 0.15) is 5.56 Å². The monoisotopic (exact) mass is 183 g/mol. The van der Waals surface area contributed by atoms with Gasteiger partial charge in [-0.3, -0.25) is 0 Å². The van der Waals surface area contributed by atoms with Crippen molar-refractivity contribution < 1.29 is 0 Å². The van der Waals surface area contributed by atoms with Crippen molar-refractivity contribution >= 4 is 15.0 Å². The average molecular weight is 183 g/mol. The van der Waals surface area contributed by atoms with Gasteiger partial charge >= 0.3 is 0 Å². The normalized spacial score (nSPS) is 10.1. The van der Waals surface area contributed by atoms with E-state index in [-0.39, 0.29) is 0 Å². The van der Waals surface area contributed by atoms with Crippen LogP contribution in [0.25, 0.3) is 11.3 Å². The molecule has 0 spiro atoms. The number of nitrogens with zero attached hydrogens (tertiary/aromatic N) is 3. The molecule has 0 radical (unpaired) electrons. The largest absolute Gasteiger partial charge is 0.311 e. The van der Waals surface area contributed by atoms with Crippen molar-refractivity contribution in [1.29, 1.82) is 0 Å². The Bertz CT molecular complexity index is 439. The van der Waals surface area contributed by atoms with Crippen LogP contribution < -0.4 is 0 Å². The number of aromatic nitrogens is 3. The molecule has 0 aliphatic carbocycles. The molecule has 0 saturated carbocycles. The molecule has 5 heteroatoms. The summed E-state index contributed by atoms with van der Waals surface area (Å²) >= 11 is 0. The van der Waals surface area contributed by atoms with Gasteiger partial charge in [-0.25, -0.2) is 0 Å². The summed E-state index contributed by atoms with van der Waals surface area (Å²) in [5, 5.41) is 8.15. The highest BCUT2D eigenvalue weighted by Crippen LogP contribution is 2.19. The molecule has 0 bridgehead atoms. The summed E-state index contributed by atoms with van der Waals surface area (Å²) in [5.41, 5.74) is 3.34. The molecule has 0 atom stereocenters. The van der Waals surface area contributed by atoms with Gasteiger partial charge < -0.3 is 4.59 Å². The van der Waals surface area contributed by atoms with Crippen molar-refractivity contribution in [3.05, 3.63) is 36.0 Å². The van der Waals surface area contributed by atoms with Crippen LogP contribution in [-0.4, -0.2) is 29.9 Å². The molecule has 0 saturated heterocycles. The minimum Gasteiger partial charge on any atom is -0.311 e. The Hall–Kier alpha value is -1.51. The van der Waals surface area contributed by atoms with Gasteiger partial charge in [0.25, 0.3) is 0 Å². The Balaban J connectivity index is 2.44. The van der Waals surface area contributed by atoms with Gasteiger partial charge in [-0.2, -0.15) is 0 Å². The van der Waals surface area contributed by atoms with E-state index in [9.17, 15) is 0 Å². The summed E-state index contributed by atoms with van der Waals surface area (Å²) in [5.74, 6) is 0. The zero-order chi connectivity index (χ0) is 9.97. The second-order valence-electron chi connectivity index (χ2n) is 3.27. The Morgan fingerprint density at radius 3 is 2.79 bits per heavy atom. The first-order chi connectivity index (χ1) is 6.81. The van der Waals surface area contributed by atoms with E-state index in [1.54, 1.807) is 0 Å². The Morgan fingerprint density at radius 1 is 1.36 bits per heavy atom. The van der Waals surface area contributed by atoms with Crippen LogP contribution in [0.3, 0.4) is 0 Å². The van der Waals surface area contributed by atoms with Crippen molar-refractivity contribution in [1.82, 2.24) is 14.9 Å². The quantitative estimate of drug-likeness (QED) is 0.613. The van der Waals surface area contributed by atoms with Gasteiger partial charge in [0, 0.05) is 11.8 Å². The fourth-order valence-corrected chi connectivity index (χ4v) is 1.44. The molecular formula is C9H11B2N3. The van der Waals surface area contributed by atoms with Gasteiger partial charge in [0.1, 0.15) is 5.69 Å². The molecule has 0 unspecified atom stereocenters. The topological polar surface area (TPSA) is 30.7 Å². The van der Waals surface area contributed by atoms with E-state index in [0.29, 0.717) is 0 Å². The van der Waals surface area contributed by atoms with Crippen LogP contribution in [0.5, 0.6) is 0 Å². The Morgan fingerprint density at radius 2 is 2.14 bits per heavy atom. The summed E-state index contributed by atoms with van der Waals surface area (Å²) in [6, 6.07) is 8.20.